The zero-order valence-corrected chi connectivity index (χ0v) is 9.82. The van der Waals surface area contributed by atoms with Crippen molar-refractivity contribution >= 4 is 28.9 Å². The van der Waals surface area contributed by atoms with Gasteiger partial charge in [0.2, 0.25) is 0 Å². The van der Waals surface area contributed by atoms with Gasteiger partial charge in [-0.25, -0.2) is 0 Å². The maximum atomic E-state index is 11.8. The number of nitrogens with one attached hydrogen (secondary N) is 2. The number of nitriles is 1. The van der Waals surface area contributed by atoms with Crippen molar-refractivity contribution in [3.05, 3.63) is 40.7 Å². The molecule has 2 aromatic rings. The third kappa shape index (κ3) is 2.26. The van der Waals surface area contributed by atoms with Gasteiger partial charge in [-0.05, 0) is 18.2 Å². The second kappa shape index (κ2) is 4.77. The van der Waals surface area contributed by atoms with E-state index >= 15 is 0 Å². The number of rotatable bonds is 2. The van der Waals surface area contributed by atoms with Crippen LogP contribution in [0.5, 0.6) is 0 Å². The fourth-order valence-corrected chi connectivity index (χ4v) is 1.52. The summed E-state index contributed by atoms with van der Waals surface area (Å²) in [7, 11) is 0. The minimum Gasteiger partial charge on any atom is -0.396 e. The largest absolute Gasteiger partial charge is 0.396 e. The van der Waals surface area contributed by atoms with Crippen LogP contribution in [0.1, 0.15) is 16.1 Å². The molecule has 0 aliphatic carbocycles. The van der Waals surface area contributed by atoms with Gasteiger partial charge in [0, 0.05) is 0 Å². The third-order valence-electron chi connectivity index (χ3n) is 2.24. The number of nitrogens with two attached hydrogens (primary N) is 1. The molecule has 0 saturated heterocycles. The van der Waals surface area contributed by atoms with Crippen molar-refractivity contribution in [1.82, 2.24) is 10.2 Å². The molecule has 1 heterocycles. The number of hydrogen-bond donors (Lipinski definition) is 3. The number of aromatic nitrogens is 2. The molecular weight excluding hydrogens is 254 g/mol. The van der Waals surface area contributed by atoms with Gasteiger partial charge in [-0.2, -0.15) is 10.4 Å². The van der Waals surface area contributed by atoms with E-state index in [1.54, 1.807) is 6.07 Å². The number of amides is 1. The molecule has 1 aromatic carbocycles. The van der Waals surface area contributed by atoms with E-state index < -0.39 is 5.91 Å². The average Bonchev–Trinajstić information content (AvgIpc) is 2.78. The lowest BCUT2D eigenvalue weighted by Crippen LogP contribution is -2.14. The van der Waals surface area contributed by atoms with Crippen LogP contribution in [-0.4, -0.2) is 16.1 Å². The molecule has 0 radical (unpaired) electrons. The summed E-state index contributed by atoms with van der Waals surface area (Å²) in [5, 5.41) is 17.8. The Hall–Kier alpha value is -2.52. The van der Waals surface area contributed by atoms with Crippen LogP contribution in [0.3, 0.4) is 0 Å². The first-order chi connectivity index (χ1) is 8.61. The van der Waals surface area contributed by atoms with Gasteiger partial charge in [0.25, 0.3) is 5.91 Å². The van der Waals surface area contributed by atoms with Gasteiger partial charge in [0.15, 0.2) is 0 Å². The number of aromatic amines is 1. The van der Waals surface area contributed by atoms with Crippen LogP contribution < -0.4 is 11.1 Å². The number of nitrogens with zero attached hydrogens (tertiary/aromatic N) is 2. The van der Waals surface area contributed by atoms with Crippen LogP contribution in [0, 0.1) is 11.3 Å². The normalized spacial score (nSPS) is 9.78. The van der Waals surface area contributed by atoms with Gasteiger partial charge in [-0.3, -0.25) is 9.89 Å². The number of carbonyl (C=O) groups is 1. The van der Waals surface area contributed by atoms with Gasteiger partial charge in [0.05, 0.1) is 34.2 Å². The summed E-state index contributed by atoms with van der Waals surface area (Å²) in [4.78, 5) is 11.8. The first kappa shape index (κ1) is 12.0. The van der Waals surface area contributed by atoms with Gasteiger partial charge >= 0.3 is 0 Å². The summed E-state index contributed by atoms with van der Waals surface area (Å²) < 4.78 is 0. The first-order valence-electron chi connectivity index (χ1n) is 4.91. The standard InChI is InChI=1S/C11H8ClN5O/c12-7-2-1-6(4-13)3-9(7)16-11(18)10-8(14)5-15-17-10/h1-3,5H,14H2,(H,15,17)(H,16,18). The molecule has 4 N–H and O–H groups in total. The maximum Gasteiger partial charge on any atom is 0.275 e. The first-order valence-corrected chi connectivity index (χ1v) is 5.29. The van der Waals surface area contributed by atoms with E-state index in [2.05, 4.69) is 15.5 Å². The third-order valence-corrected chi connectivity index (χ3v) is 2.57. The lowest BCUT2D eigenvalue weighted by Gasteiger charge is -2.06. The molecular formula is C11H8ClN5O. The van der Waals surface area contributed by atoms with Gasteiger partial charge < -0.3 is 11.1 Å². The topological polar surface area (TPSA) is 108 Å². The summed E-state index contributed by atoms with van der Waals surface area (Å²) in [5.41, 5.74) is 6.67. The number of H-pyrrole nitrogens is 1. The van der Waals surface area contributed by atoms with Crippen molar-refractivity contribution in [3.63, 3.8) is 0 Å². The van der Waals surface area contributed by atoms with E-state index in [9.17, 15) is 4.79 Å². The molecule has 90 valence electrons. The van der Waals surface area contributed by atoms with Crippen molar-refractivity contribution < 1.29 is 4.79 Å². The molecule has 0 fully saturated rings. The summed E-state index contributed by atoms with van der Waals surface area (Å²) in [5.74, 6) is -0.470. The van der Waals surface area contributed by atoms with Crippen molar-refractivity contribution in [2.75, 3.05) is 11.1 Å². The Morgan fingerprint density at radius 3 is 2.94 bits per heavy atom. The monoisotopic (exact) mass is 261 g/mol. The molecule has 0 bridgehead atoms. The molecule has 0 unspecified atom stereocenters. The van der Waals surface area contributed by atoms with E-state index in [-0.39, 0.29) is 11.4 Å². The number of carbonyl (C=O) groups excluding carboxylic acids is 1. The highest BCUT2D eigenvalue weighted by Gasteiger charge is 2.13. The van der Waals surface area contributed by atoms with Crippen LogP contribution in [0.4, 0.5) is 11.4 Å². The number of anilines is 2. The second-order valence-corrected chi connectivity index (χ2v) is 3.87. The van der Waals surface area contributed by atoms with Gasteiger partial charge in [-0.1, -0.05) is 11.6 Å². The van der Waals surface area contributed by atoms with Crippen molar-refractivity contribution in [3.8, 4) is 6.07 Å². The summed E-state index contributed by atoms with van der Waals surface area (Å²) >= 11 is 5.92. The molecule has 1 amide bonds. The zero-order chi connectivity index (χ0) is 13.1. The Labute approximate surface area is 107 Å². The SMILES string of the molecule is N#Cc1ccc(Cl)c(NC(=O)c2[nH]ncc2N)c1. The van der Waals surface area contributed by atoms with Crippen LogP contribution >= 0.6 is 11.6 Å². The van der Waals surface area contributed by atoms with Crippen LogP contribution in [0.15, 0.2) is 24.4 Å². The number of halogens is 1. The predicted molar refractivity (Wildman–Crippen MR) is 67.1 cm³/mol. The molecule has 0 spiro atoms. The smallest absolute Gasteiger partial charge is 0.275 e. The highest BCUT2D eigenvalue weighted by Crippen LogP contribution is 2.23. The van der Waals surface area contributed by atoms with E-state index in [0.29, 0.717) is 16.3 Å². The molecule has 1 aromatic heterocycles. The summed E-state index contributed by atoms with van der Waals surface area (Å²) in [6.07, 6.45) is 1.34. The van der Waals surface area contributed by atoms with E-state index in [1.807, 2.05) is 6.07 Å². The maximum absolute atomic E-state index is 11.8. The average molecular weight is 262 g/mol. The fraction of sp³-hybridized carbons (Fsp3) is 0. The molecule has 18 heavy (non-hydrogen) atoms. The second-order valence-electron chi connectivity index (χ2n) is 3.46. The van der Waals surface area contributed by atoms with Crippen LogP contribution in [0.25, 0.3) is 0 Å². The van der Waals surface area contributed by atoms with Crippen molar-refractivity contribution in [2.45, 2.75) is 0 Å². The summed E-state index contributed by atoms with van der Waals surface area (Å²) in [6, 6.07) is 6.53. The molecule has 0 saturated carbocycles. The lowest BCUT2D eigenvalue weighted by molar-refractivity contribution is 0.102. The quantitative estimate of drug-likeness (QED) is 0.765. The predicted octanol–water partition coefficient (Wildman–Crippen LogP) is 1.77. The lowest BCUT2D eigenvalue weighted by atomic mass is 10.2. The van der Waals surface area contributed by atoms with Crippen molar-refractivity contribution in [2.24, 2.45) is 0 Å². The van der Waals surface area contributed by atoms with E-state index in [1.165, 1.54) is 18.3 Å². The molecule has 2 rings (SSSR count). The van der Waals surface area contributed by atoms with Crippen LogP contribution in [0.2, 0.25) is 5.02 Å². The fourth-order valence-electron chi connectivity index (χ4n) is 1.35. The Balaban J connectivity index is 2.27. The molecule has 0 aliphatic rings. The number of hydrogen-bond acceptors (Lipinski definition) is 4. The molecule has 0 atom stereocenters. The Morgan fingerprint density at radius 2 is 2.33 bits per heavy atom. The highest BCUT2D eigenvalue weighted by molar-refractivity contribution is 6.34. The van der Waals surface area contributed by atoms with Crippen molar-refractivity contribution in [1.29, 1.82) is 5.26 Å². The summed E-state index contributed by atoms with van der Waals surface area (Å²) in [6.45, 7) is 0. The molecule has 0 aliphatic heterocycles. The number of benzene rings is 1. The van der Waals surface area contributed by atoms with E-state index in [0.717, 1.165) is 0 Å². The Morgan fingerprint density at radius 1 is 1.56 bits per heavy atom. The minimum absolute atomic E-state index is 0.147. The molecule has 6 nitrogen and oxygen atoms in total. The zero-order valence-electron chi connectivity index (χ0n) is 9.07. The highest BCUT2D eigenvalue weighted by atomic mass is 35.5. The molecule has 7 heteroatoms. The van der Waals surface area contributed by atoms with Crippen LogP contribution in [-0.2, 0) is 0 Å². The van der Waals surface area contributed by atoms with E-state index in [4.69, 9.17) is 22.6 Å². The minimum atomic E-state index is -0.470. The Bertz CT molecular complexity index is 643. The van der Waals surface area contributed by atoms with Gasteiger partial charge in [0.1, 0.15) is 5.69 Å². The Kier molecular flexibility index (Phi) is 3.17. The number of nitrogen functional groups attached to an aromatic ring is 1. The van der Waals surface area contributed by atoms with Gasteiger partial charge in [-0.15, -0.1) is 0 Å².